The summed E-state index contributed by atoms with van der Waals surface area (Å²) < 4.78 is 7.28. The summed E-state index contributed by atoms with van der Waals surface area (Å²) in [5.74, 6) is 0.821. The van der Waals surface area contributed by atoms with Crippen LogP contribution in [0.25, 0.3) is 0 Å². The van der Waals surface area contributed by atoms with Gasteiger partial charge in [0.1, 0.15) is 5.75 Å². The first-order valence-electron chi connectivity index (χ1n) is 5.84. The molecule has 0 saturated heterocycles. The highest BCUT2D eigenvalue weighted by molar-refractivity contribution is 9.11. The van der Waals surface area contributed by atoms with Crippen molar-refractivity contribution >= 4 is 31.9 Å². The molecule has 0 aromatic heterocycles. The van der Waals surface area contributed by atoms with E-state index in [1.54, 1.807) is 7.11 Å². The normalized spacial score (nSPS) is 14.3. The maximum absolute atomic E-state index is 9.92. The average Bonchev–Trinajstić information content (AvgIpc) is 2.28. The summed E-state index contributed by atoms with van der Waals surface area (Å²) in [4.78, 5) is 0. The lowest BCUT2D eigenvalue weighted by Crippen LogP contribution is -2.36. The van der Waals surface area contributed by atoms with Gasteiger partial charge in [-0.1, -0.05) is 22.9 Å². The van der Waals surface area contributed by atoms with Gasteiger partial charge in [-0.25, -0.2) is 0 Å². The molecule has 1 aromatic carbocycles. The number of hydrogen-bond donors (Lipinski definition) is 2. The molecule has 0 spiro atoms. The SMILES string of the molecule is CCC(C)(O)CNCc1cc(Br)cc(Br)c1OC. The molecular weight excluding hydrogens is 362 g/mol. The van der Waals surface area contributed by atoms with Crippen molar-refractivity contribution in [1.29, 1.82) is 0 Å². The van der Waals surface area contributed by atoms with Crippen LogP contribution in [0.2, 0.25) is 0 Å². The predicted molar refractivity (Wildman–Crippen MR) is 81.0 cm³/mol. The Labute approximate surface area is 125 Å². The molecule has 0 radical (unpaired) electrons. The van der Waals surface area contributed by atoms with E-state index in [1.807, 2.05) is 26.0 Å². The summed E-state index contributed by atoms with van der Waals surface area (Å²) in [6.07, 6.45) is 0.722. The highest BCUT2D eigenvalue weighted by Gasteiger charge is 2.17. The fourth-order valence-corrected chi connectivity index (χ4v) is 3.04. The second kappa shape index (κ2) is 6.89. The van der Waals surface area contributed by atoms with Gasteiger partial charge in [0.2, 0.25) is 0 Å². The predicted octanol–water partition coefficient (Wildman–Crippen LogP) is 3.47. The number of rotatable bonds is 6. The molecule has 1 unspecified atom stereocenters. The molecule has 102 valence electrons. The van der Waals surface area contributed by atoms with Crippen LogP contribution < -0.4 is 10.1 Å². The van der Waals surface area contributed by atoms with Gasteiger partial charge < -0.3 is 15.2 Å². The molecule has 1 rings (SSSR count). The van der Waals surface area contributed by atoms with E-state index in [-0.39, 0.29) is 0 Å². The van der Waals surface area contributed by atoms with Crippen molar-refractivity contribution in [2.24, 2.45) is 0 Å². The first kappa shape index (κ1) is 16.0. The van der Waals surface area contributed by atoms with E-state index >= 15 is 0 Å². The number of benzene rings is 1. The Kier molecular flexibility index (Phi) is 6.11. The lowest BCUT2D eigenvalue weighted by molar-refractivity contribution is 0.0555. The summed E-state index contributed by atoms with van der Waals surface area (Å²) in [5, 5.41) is 13.2. The Morgan fingerprint density at radius 1 is 1.39 bits per heavy atom. The third-order valence-corrected chi connectivity index (χ3v) is 3.92. The van der Waals surface area contributed by atoms with Crippen LogP contribution in [0.4, 0.5) is 0 Å². The number of methoxy groups -OCH3 is 1. The molecule has 0 bridgehead atoms. The van der Waals surface area contributed by atoms with Gasteiger partial charge in [-0.2, -0.15) is 0 Å². The van der Waals surface area contributed by atoms with Crippen LogP contribution in [0, 0.1) is 0 Å². The van der Waals surface area contributed by atoms with Crippen LogP contribution in [0.1, 0.15) is 25.8 Å². The smallest absolute Gasteiger partial charge is 0.137 e. The average molecular weight is 381 g/mol. The molecule has 0 aliphatic carbocycles. The molecule has 0 saturated carbocycles. The van der Waals surface area contributed by atoms with Gasteiger partial charge in [-0.15, -0.1) is 0 Å². The van der Waals surface area contributed by atoms with Gasteiger partial charge in [-0.3, -0.25) is 0 Å². The Morgan fingerprint density at radius 3 is 2.61 bits per heavy atom. The van der Waals surface area contributed by atoms with Crippen LogP contribution in [0.15, 0.2) is 21.1 Å². The number of ether oxygens (including phenoxy) is 1. The molecule has 0 aliphatic rings. The maximum Gasteiger partial charge on any atom is 0.137 e. The molecule has 0 amide bonds. The van der Waals surface area contributed by atoms with E-state index in [0.717, 1.165) is 26.7 Å². The summed E-state index contributed by atoms with van der Waals surface area (Å²) >= 11 is 6.93. The zero-order chi connectivity index (χ0) is 13.8. The second-order valence-corrected chi connectivity index (χ2v) is 6.30. The van der Waals surface area contributed by atoms with Crippen LogP contribution in [0.3, 0.4) is 0 Å². The fraction of sp³-hybridized carbons (Fsp3) is 0.538. The standard InChI is InChI=1S/C13H19Br2NO2/c1-4-13(2,17)8-16-7-9-5-10(14)6-11(15)12(9)18-3/h5-6,16-17H,4,7-8H2,1-3H3. The summed E-state index contributed by atoms with van der Waals surface area (Å²) in [7, 11) is 1.65. The third-order valence-electron chi connectivity index (χ3n) is 2.87. The lowest BCUT2D eigenvalue weighted by atomic mass is 10.0. The molecule has 0 fully saturated rings. The van der Waals surface area contributed by atoms with E-state index in [1.165, 1.54) is 0 Å². The van der Waals surface area contributed by atoms with Gasteiger partial charge in [0.25, 0.3) is 0 Å². The minimum absolute atomic E-state index is 0.552. The van der Waals surface area contributed by atoms with Crippen molar-refractivity contribution in [3.8, 4) is 5.75 Å². The number of hydrogen-bond acceptors (Lipinski definition) is 3. The van der Waals surface area contributed by atoms with Gasteiger partial charge in [0, 0.05) is 23.1 Å². The highest BCUT2D eigenvalue weighted by Crippen LogP contribution is 2.32. The van der Waals surface area contributed by atoms with Crippen molar-refractivity contribution in [2.75, 3.05) is 13.7 Å². The molecular formula is C13H19Br2NO2. The number of aliphatic hydroxyl groups is 1. The quantitative estimate of drug-likeness (QED) is 0.793. The minimum Gasteiger partial charge on any atom is -0.495 e. The van der Waals surface area contributed by atoms with Crippen LogP contribution in [-0.4, -0.2) is 24.4 Å². The molecule has 0 heterocycles. The zero-order valence-electron chi connectivity index (χ0n) is 10.9. The molecule has 3 nitrogen and oxygen atoms in total. The van der Waals surface area contributed by atoms with E-state index in [0.29, 0.717) is 13.1 Å². The Hall–Kier alpha value is -0.100. The molecule has 1 atom stereocenters. The monoisotopic (exact) mass is 379 g/mol. The van der Waals surface area contributed by atoms with Gasteiger partial charge in [-0.05, 0) is 41.4 Å². The van der Waals surface area contributed by atoms with E-state index < -0.39 is 5.60 Å². The minimum atomic E-state index is -0.670. The first-order valence-corrected chi connectivity index (χ1v) is 7.43. The van der Waals surface area contributed by atoms with E-state index in [9.17, 15) is 5.11 Å². The molecule has 0 aliphatic heterocycles. The molecule has 2 N–H and O–H groups in total. The van der Waals surface area contributed by atoms with Crippen molar-refractivity contribution in [3.05, 3.63) is 26.6 Å². The van der Waals surface area contributed by atoms with Crippen molar-refractivity contribution in [2.45, 2.75) is 32.4 Å². The van der Waals surface area contributed by atoms with Crippen molar-refractivity contribution in [1.82, 2.24) is 5.32 Å². The van der Waals surface area contributed by atoms with Crippen molar-refractivity contribution < 1.29 is 9.84 Å². The van der Waals surface area contributed by atoms with Gasteiger partial charge in [0.15, 0.2) is 0 Å². The largest absolute Gasteiger partial charge is 0.495 e. The molecule has 1 aromatic rings. The highest BCUT2D eigenvalue weighted by atomic mass is 79.9. The first-order chi connectivity index (χ1) is 8.39. The van der Waals surface area contributed by atoms with Crippen LogP contribution in [-0.2, 0) is 6.54 Å². The van der Waals surface area contributed by atoms with Gasteiger partial charge in [0.05, 0.1) is 17.2 Å². The zero-order valence-corrected chi connectivity index (χ0v) is 14.1. The maximum atomic E-state index is 9.92. The lowest BCUT2D eigenvalue weighted by Gasteiger charge is -2.22. The Morgan fingerprint density at radius 2 is 2.06 bits per heavy atom. The van der Waals surface area contributed by atoms with Crippen LogP contribution >= 0.6 is 31.9 Å². The Balaban J connectivity index is 2.73. The van der Waals surface area contributed by atoms with E-state index in [4.69, 9.17) is 4.74 Å². The summed E-state index contributed by atoms with van der Waals surface area (Å²) in [6.45, 7) is 5.00. The number of halogens is 2. The second-order valence-electron chi connectivity index (χ2n) is 4.53. The topological polar surface area (TPSA) is 41.5 Å². The van der Waals surface area contributed by atoms with E-state index in [2.05, 4.69) is 37.2 Å². The summed E-state index contributed by atoms with van der Waals surface area (Å²) in [6, 6.07) is 3.96. The Bertz CT molecular complexity index is 408. The fourth-order valence-electron chi connectivity index (χ4n) is 1.57. The molecule has 18 heavy (non-hydrogen) atoms. The van der Waals surface area contributed by atoms with Crippen molar-refractivity contribution in [3.63, 3.8) is 0 Å². The number of nitrogens with one attached hydrogen (secondary N) is 1. The third kappa shape index (κ3) is 4.53. The summed E-state index contributed by atoms with van der Waals surface area (Å²) in [5.41, 5.74) is 0.377. The molecule has 5 heteroatoms. The van der Waals surface area contributed by atoms with Crippen LogP contribution in [0.5, 0.6) is 5.75 Å². The van der Waals surface area contributed by atoms with Gasteiger partial charge >= 0.3 is 0 Å².